The summed E-state index contributed by atoms with van der Waals surface area (Å²) >= 11 is 12.1. The number of halogens is 2. The molecule has 0 aromatic heterocycles. The summed E-state index contributed by atoms with van der Waals surface area (Å²) < 4.78 is 0. The van der Waals surface area contributed by atoms with E-state index in [2.05, 4.69) is 30.3 Å². The normalized spacial score (nSPS) is 31.1. The van der Waals surface area contributed by atoms with Gasteiger partial charge in [-0.1, -0.05) is 35.7 Å². The second-order valence-corrected chi connectivity index (χ2v) is 7.45. The first kappa shape index (κ1) is 15.6. The van der Waals surface area contributed by atoms with E-state index >= 15 is 0 Å². The third kappa shape index (κ3) is 3.39. The zero-order valence-electron chi connectivity index (χ0n) is 12.8. The summed E-state index contributed by atoms with van der Waals surface area (Å²) in [7, 11) is 2.30. The lowest BCUT2D eigenvalue weighted by atomic mass is 9.82. The number of piperidine rings is 2. The van der Waals surface area contributed by atoms with Gasteiger partial charge in [0.2, 0.25) is 0 Å². The second kappa shape index (κ2) is 6.45. The zero-order chi connectivity index (χ0) is 15.0. The average molecular weight is 327 g/mol. The fourth-order valence-electron chi connectivity index (χ4n) is 3.98. The minimum absolute atomic E-state index is 0.314. The van der Waals surface area contributed by atoms with Crippen molar-refractivity contribution in [3.63, 3.8) is 0 Å². The predicted octanol–water partition coefficient (Wildman–Crippen LogP) is 4.66. The first-order valence-corrected chi connectivity index (χ1v) is 8.73. The Hall–Kier alpha value is -0.280. The standard InChI is InChI=1S/C17H24Cl2N2/c1-11(12-6-7-16(18)17(19)8-12)20-13-9-14-4-3-5-15(10-13)21(14)2/h6-8,11,13-15,20H,3-5,9-10H2,1-2H3. The molecule has 2 aliphatic heterocycles. The van der Waals surface area contributed by atoms with Crippen LogP contribution >= 0.6 is 23.2 Å². The number of fused-ring (bicyclic) bond motifs is 2. The molecule has 2 aliphatic rings. The lowest BCUT2D eigenvalue weighted by Gasteiger charge is -2.47. The zero-order valence-corrected chi connectivity index (χ0v) is 14.3. The fraction of sp³-hybridized carbons (Fsp3) is 0.647. The minimum atomic E-state index is 0.314. The molecule has 0 spiro atoms. The van der Waals surface area contributed by atoms with Crippen LogP contribution in [0.5, 0.6) is 0 Å². The van der Waals surface area contributed by atoms with Crippen LogP contribution in [0.1, 0.15) is 50.6 Å². The minimum Gasteiger partial charge on any atom is -0.307 e. The third-order valence-electron chi connectivity index (χ3n) is 5.27. The summed E-state index contributed by atoms with van der Waals surface area (Å²) in [6, 6.07) is 8.39. The first-order chi connectivity index (χ1) is 10.0. The lowest BCUT2D eigenvalue weighted by molar-refractivity contribution is 0.0463. The van der Waals surface area contributed by atoms with E-state index in [4.69, 9.17) is 23.2 Å². The molecule has 0 radical (unpaired) electrons. The topological polar surface area (TPSA) is 15.3 Å². The number of benzene rings is 1. The molecule has 1 aromatic carbocycles. The van der Waals surface area contributed by atoms with Gasteiger partial charge in [0.15, 0.2) is 0 Å². The van der Waals surface area contributed by atoms with Gasteiger partial charge in [-0.3, -0.25) is 0 Å². The summed E-state index contributed by atoms with van der Waals surface area (Å²) in [4.78, 5) is 2.60. The van der Waals surface area contributed by atoms with Gasteiger partial charge in [-0.05, 0) is 57.4 Å². The van der Waals surface area contributed by atoms with E-state index in [0.717, 1.165) is 12.1 Å². The molecule has 3 rings (SSSR count). The van der Waals surface area contributed by atoms with E-state index in [9.17, 15) is 0 Å². The SMILES string of the molecule is CC(NC1CC2CCCC(C1)N2C)c1ccc(Cl)c(Cl)c1. The molecular weight excluding hydrogens is 303 g/mol. The molecule has 116 valence electrons. The highest BCUT2D eigenvalue weighted by atomic mass is 35.5. The van der Waals surface area contributed by atoms with Crippen LogP contribution in [-0.4, -0.2) is 30.1 Å². The Morgan fingerprint density at radius 3 is 2.43 bits per heavy atom. The van der Waals surface area contributed by atoms with Gasteiger partial charge in [-0.25, -0.2) is 0 Å². The first-order valence-electron chi connectivity index (χ1n) is 7.97. The van der Waals surface area contributed by atoms with Gasteiger partial charge in [0.05, 0.1) is 10.0 Å². The van der Waals surface area contributed by atoms with Crippen LogP contribution in [0.15, 0.2) is 18.2 Å². The molecule has 2 heterocycles. The van der Waals surface area contributed by atoms with E-state index in [0.29, 0.717) is 22.1 Å². The van der Waals surface area contributed by atoms with Crippen LogP contribution in [0.25, 0.3) is 0 Å². The fourth-order valence-corrected chi connectivity index (χ4v) is 4.29. The van der Waals surface area contributed by atoms with Crippen LogP contribution in [0, 0.1) is 0 Å². The summed E-state index contributed by atoms with van der Waals surface area (Å²) in [5, 5.41) is 5.07. The number of hydrogen-bond donors (Lipinski definition) is 1. The molecule has 0 saturated carbocycles. The van der Waals surface area contributed by atoms with Crippen molar-refractivity contribution < 1.29 is 0 Å². The smallest absolute Gasteiger partial charge is 0.0595 e. The van der Waals surface area contributed by atoms with E-state index < -0.39 is 0 Å². The summed E-state index contributed by atoms with van der Waals surface area (Å²) in [5.74, 6) is 0. The molecular formula is C17H24Cl2N2. The largest absolute Gasteiger partial charge is 0.307 e. The Morgan fingerprint density at radius 1 is 1.14 bits per heavy atom. The molecule has 2 saturated heterocycles. The predicted molar refractivity (Wildman–Crippen MR) is 90.2 cm³/mol. The second-order valence-electron chi connectivity index (χ2n) is 6.63. The van der Waals surface area contributed by atoms with Crippen molar-refractivity contribution in [1.29, 1.82) is 0 Å². The van der Waals surface area contributed by atoms with Crippen molar-refractivity contribution in [2.24, 2.45) is 0 Å². The summed E-state index contributed by atoms with van der Waals surface area (Å²) in [6.07, 6.45) is 6.63. The molecule has 2 fully saturated rings. The van der Waals surface area contributed by atoms with Crippen molar-refractivity contribution in [3.8, 4) is 0 Å². The van der Waals surface area contributed by atoms with Crippen molar-refractivity contribution in [3.05, 3.63) is 33.8 Å². The highest BCUT2D eigenvalue weighted by Gasteiger charge is 2.36. The summed E-state index contributed by atoms with van der Waals surface area (Å²) in [5.41, 5.74) is 1.22. The molecule has 1 aromatic rings. The van der Waals surface area contributed by atoms with Crippen LogP contribution in [0.3, 0.4) is 0 Å². The highest BCUT2D eigenvalue weighted by molar-refractivity contribution is 6.42. The quantitative estimate of drug-likeness (QED) is 0.869. The maximum absolute atomic E-state index is 6.13. The number of hydrogen-bond acceptors (Lipinski definition) is 2. The van der Waals surface area contributed by atoms with Crippen LogP contribution in [-0.2, 0) is 0 Å². The van der Waals surface area contributed by atoms with Gasteiger partial charge in [0.25, 0.3) is 0 Å². The Bertz CT molecular complexity index is 492. The van der Waals surface area contributed by atoms with E-state index in [1.165, 1.54) is 37.7 Å². The van der Waals surface area contributed by atoms with Crippen molar-refractivity contribution in [2.45, 2.75) is 63.2 Å². The monoisotopic (exact) mass is 326 g/mol. The third-order valence-corrected chi connectivity index (χ3v) is 6.01. The molecule has 0 aliphatic carbocycles. The lowest BCUT2D eigenvalue weighted by Crippen LogP contribution is -2.54. The highest BCUT2D eigenvalue weighted by Crippen LogP contribution is 2.34. The Kier molecular flexibility index (Phi) is 4.80. The maximum Gasteiger partial charge on any atom is 0.0595 e. The van der Waals surface area contributed by atoms with Crippen LogP contribution in [0.2, 0.25) is 10.0 Å². The van der Waals surface area contributed by atoms with Gasteiger partial charge >= 0.3 is 0 Å². The Balaban J connectivity index is 1.65. The number of rotatable bonds is 3. The number of nitrogens with one attached hydrogen (secondary N) is 1. The molecule has 2 bridgehead atoms. The van der Waals surface area contributed by atoms with Crippen molar-refractivity contribution in [2.75, 3.05) is 7.05 Å². The van der Waals surface area contributed by atoms with Crippen molar-refractivity contribution in [1.82, 2.24) is 10.2 Å². The Labute approximate surface area is 137 Å². The molecule has 4 heteroatoms. The Morgan fingerprint density at radius 2 is 1.81 bits per heavy atom. The molecule has 21 heavy (non-hydrogen) atoms. The van der Waals surface area contributed by atoms with Crippen LogP contribution < -0.4 is 5.32 Å². The summed E-state index contributed by atoms with van der Waals surface area (Å²) in [6.45, 7) is 2.22. The van der Waals surface area contributed by atoms with Gasteiger partial charge in [-0.2, -0.15) is 0 Å². The molecule has 2 nitrogen and oxygen atoms in total. The molecule has 3 atom stereocenters. The van der Waals surface area contributed by atoms with Gasteiger partial charge in [0.1, 0.15) is 0 Å². The molecule has 3 unspecified atom stereocenters. The average Bonchev–Trinajstić information content (AvgIpc) is 2.43. The van der Waals surface area contributed by atoms with Gasteiger partial charge in [0, 0.05) is 24.2 Å². The van der Waals surface area contributed by atoms with Gasteiger partial charge in [-0.15, -0.1) is 0 Å². The van der Waals surface area contributed by atoms with Gasteiger partial charge < -0.3 is 10.2 Å². The maximum atomic E-state index is 6.13. The van der Waals surface area contributed by atoms with Crippen LogP contribution in [0.4, 0.5) is 0 Å². The molecule has 1 N–H and O–H groups in total. The van der Waals surface area contributed by atoms with E-state index in [1.54, 1.807) is 0 Å². The number of nitrogens with zero attached hydrogens (tertiary/aromatic N) is 1. The van der Waals surface area contributed by atoms with E-state index in [1.807, 2.05) is 12.1 Å². The van der Waals surface area contributed by atoms with E-state index in [-0.39, 0.29) is 0 Å². The molecule has 0 amide bonds. The van der Waals surface area contributed by atoms with Crippen molar-refractivity contribution >= 4 is 23.2 Å².